The third-order valence-corrected chi connectivity index (χ3v) is 6.93. The van der Waals surface area contributed by atoms with Gasteiger partial charge in [-0.15, -0.1) is 0 Å². The fourth-order valence-electron chi connectivity index (χ4n) is 5.49. The maximum Gasteiger partial charge on any atom is 0.332 e. The van der Waals surface area contributed by atoms with Crippen molar-refractivity contribution in [1.29, 1.82) is 21.0 Å². The van der Waals surface area contributed by atoms with Crippen molar-refractivity contribution < 1.29 is 0 Å². The monoisotopic (exact) mass is 458 g/mol. The van der Waals surface area contributed by atoms with Crippen molar-refractivity contribution >= 4 is 51.0 Å². The maximum atomic E-state index is 10.2. The van der Waals surface area contributed by atoms with E-state index in [-0.39, 0.29) is 6.85 Å². The minimum atomic E-state index is -0.339. The average Bonchev–Trinajstić information content (AvgIpc) is 3.26. The zero-order valence-corrected chi connectivity index (χ0v) is 19.2. The number of anilines is 2. The molecule has 36 heavy (non-hydrogen) atoms. The Balaban J connectivity index is 1.89. The van der Waals surface area contributed by atoms with E-state index in [2.05, 4.69) is 57.9 Å². The lowest BCUT2D eigenvalue weighted by Gasteiger charge is -2.35. The number of nitriles is 4. The van der Waals surface area contributed by atoms with Crippen LogP contribution in [0.4, 0.5) is 11.4 Å². The Hall–Kier alpha value is -5.50. The topological polar surface area (TPSA) is 103 Å². The van der Waals surface area contributed by atoms with Crippen molar-refractivity contribution in [3.63, 3.8) is 0 Å². The fourth-order valence-corrected chi connectivity index (χ4v) is 5.49. The molecule has 1 aliphatic heterocycles. The average molecular weight is 458 g/mol. The minimum Gasteiger partial charge on any atom is -0.374 e. The molecule has 6 rings (SSSR count). The Morgan fingerprint density at radius 3 is 1.47 bits per heavy atom. The van der Waals surface area contributed by atoms with Gasteiger partial charge >= 0.3 is 6.85 Å². The van der Waals surface area contributed by atoms with Crippen LogP contribution in [-0.4, -0.2) is 18.4 Å². The highest BCUT2D eigenvalue weighted by molar-refractivity contribution is 6.88. The van der Waals surface area contributed by atoms with E-state index in [4.69, 9.17) is 0 Å². The summed E-state index contributed by atoms with van der Waals surface area (Å²) < 4.78 is 2.05. The number of fused-ring (bicyclic) bond motifs is 5. The second-order valence-corrected chi connectivity index (χ2v) is 8.74. The van der Waals surface area contributed by atoms with Crippen molar-refractivity contribution in [2.24, 2.45) is 0 Å². The van der Waals surface area contributed by atoms with Gasteiger partial charge in [-0.2, -0.15) is 21.0 Å². The SMILES string of the molecule is CN1c2ccccc2B(n2c3c(C#N)cc(C#N)cc3c3cc(C#N)cc(C#N)c32)c2ccccc21. The molecule has 6 nitrogen and oxygen atoms in total. The van der Waals surface area contributed by atoms with Crippen LogP contribution < -0.4 is 15.8 Å². The molecule has 7 heteroatoms. The summed E-state index contributed by atoms with van der Waals surface area (Å²) in [4.78, 5) is 2.15. The Morgan fingerprint density at radius 1 is 0.611 bits per heavy atom. The molecule has 164 valence electrons. The van der Waals surface area contributed by atoms with Crippen molar-refractivity contribution in [3.05, 3.63) is 95.1 Å². The van der Waals surface area contributed by atoms with E-state index in [1.165, 1.54) is 0 Å². The van der Waals surface area contributed by atoms with Crippen LogP contribution in [0.1, 0.15) is 22.3 Å². The molecular weight excluding hydrogens is 443 g/mol. The predicted molar refractivity (Wildman–Crippen MR) is 140 cm³/mol. The van der Waals surface area contributed by atoms with Crippen molar-refractivity contribution in [1.82, 2.24) is 4.48 Å². The van der Waals surface area contributed by atoms with Gasteiger partial charge in [0.05, 0.1) is 45.4 Å². The third-order valence-electron chi connectivity index (χ3n) is 6.93. The smallest absolute Gasteiger partial charge is 0.332 e. The molecule has 0 N–H and O–H groups in total. The van der Waals surface area contributed by atoms with Gasteiger partial charge in [0.15, 0.2) is 0 Å². The first kappa shape index (κ1) is 21.1. The molecule has 0 unspecified atom stereocenters. The summed E-state index contributed by atoms with van der Waals surface area (Å²) in [6, 6.07) is 31.7. The van der Waals surface area contributed by atoms with Gasteiger partial charge in [-0.25, -0.2) is 0 Å². The fraction of sp³-hybridized carbons (Fsp3) is 0.0345. The quantitative estimate of drug-likeness (QED) is 0.353. The molecule has 2 heterocycles. The van der Waals surface area contributed by atoms with Gasteiger partial charge in [0.25, 0.3) is 0 Å². The van der Waals surface area contributed by atoms with Gasteiger partial charge in [-0.1, -0.05) is 36.4 Å². The lowest BCUT2D eigenvalue weighted by Crippen LogP contribution is -2.54. The second kappa shape index (κ2) is 7.78. The summed E-state index contributed by atoms with van der Waals surface area (Å²) in [5.41, 5.74) is 6.76. The molecule has 0 bridgehead atoms. The lowest BCUT2D eigenvalue weighted by atomic mass is 9.47. The second-order valence-electron chi connectivity index (χ2n) is 8.74. The van der Waals surface area contributed by atoms with E-state index in [0.29, 0.717) is 44.1 Å². The first-order valence-corrected chi connectivity index (χ1v) is 11.3. The molecule has 1 aliphatic rings. The van der Waals surface area contributed by atoms with E-state index in [1.807, 2.05) is 31.3 Å². The summed E-state index contributed by atoms with van der Waals surface area (Å²) in [7, 11) is 2.03. The number of aromatic nitrogens is 1. The van der Waals surface area contributed by atoms with Crippen molar-refractivity contribution in [2.45, 2.75) is 0 Å². The molecule has 0 saturated heterocycles. The standard InChI is InChI=1S/C29H15BN6/c1-35-26-8-4-2-6-24(26)30(25-7-3-5-9-27(25)35)36-28-20(16-33)10-18(14-31)12-22(28)23-13-19(15-32)11-21(17-34)29(23)36/h2-13H,1H3. The number of para-hydroxylation sites is 2. The highest BCUT2D eigenvalue weighted by atomic mass is 15.1. The highest BCUT2D eigenvalue weighted by Crippen LogP contribution is 2.37. The molecule has 0 fully saturated rings. The molecule has 0 amide bonds. The van der Waals surface area contributed by atoms with Crippen LogP contribution in [0.5, 0.6) is 0 Å². The summed E-state index contributed by atoms with van der Waals surface area (Å²) >= 11 is 0. The first-order chi connectivity index (χ1) is 17.6. The van der Waals surface area contributed by atoms with Gasteiger partial charge in [-0.05, 0) is 47.3 Å². The maximum absolute atomic E-state index is 10.2. The number of nitrogens with zero attached hydrogens (tertiary/aromatic N) is 6. The number of hydrogen-bond acceptors (Lipinski definition) is 5. The van der Waals surface area contributed by atoms with E-state index in [9.17, 15) is 21.0 Å². The molecule has 5 aromatic rings. The van der Waals surface area contributed by atoms with Gasteiger partial charge in [0, 0.05) is 29.2 Å². The first-order valence-electron chi connectivity index (χ1n) is 11.3. The molecule has 4 aromatic carbocycles. The van der Waals surface area contributed by atoms with Gasteiger partial charge < -0.3 is 9.38 Å². The van der Waals surface area contributed by atoms with Crippen LogP contribution >= 0.6 is 0 Å². The summed E-state index contributed by atoms with van der Waals surface area (Å²) in [6.07, 6.45) is 0. The van der Waals surface area contributed by atoms with Gasteiger partial charge in [0.1, 0.15) is 12.1 Å². The summed E-state index contributed by atoms with van der Waals surface area (Å²) in [5, 5.41) is 41.0. The Morgan fingerprint density at radius 2 is 1.06 bits per heavy atom. The van der Waals surface area contributed by atoms with E-state index >= 15 is 0 Å². The van der Waals surface area contributed by atoms with Gasteiger partial charge in [-0.3, -0.25) is 0 Å². The van der Waals surface area contributed by atoms with E-state index in [0.717, 1.165) is 22.3 Å². The largest absolute Gasteiger partial charge is 0.374 e. The van der Waals surface area contributed by atoms with Gasteiger partial charge in [0.2, 0.25) is 0 Å². The minimum absolute atomic E-state index is 0.339. The molecule has 0 spiro atoms. The Bertz CT molecular complexity index is 1790. The molecular formula is C29H15BN6. The van der Waals surface area contributed by atoms with Crippen LogP contribution in [0, 0.1) is 45.3 Å². The summed E-state index contributed by atoms with van der Waals surface area (Å²) in [5.74, 6) is 0. The van der Waals surface area contributed by atoms with Crippen LogP contribution in [0.3, 0.4) is 0 Å². The molecule has 0 saturated carbocycles. The Labute approximate surface area is 207 Å². The van der Waals surface area contributed by atoms with Crippen molar-refractivity contribution in [2.75, 3.05) is 11.9 Å². The van der Waals surface area contributed by atoms with Crippen LogP contribution in [0.25, 0.3) is 21.8 Å². The zero-order chi connectivity index (χ0) is 25.0. The normalized spacial score (nSPS) is 11.8. The lowest BCUT2D eigenvalue weighted by molar-refractivity contribution is 1.20. The van der Waals surface area contributed by atoms with Crippen LogP contribution in [0.2, 0.25) is 0 Å². The van der Waals surface area contributed by atoms with Crippen molar-refractivity contribution in [3.8, 4) is 24.3 Å². The number of benzene rings is 4. The summed E-state index contributed by atoms with van der Waals surface area (Å²) in [6.45, 7) is -0.339. The molecule has 0 aliphatic carbocycles. The molecule has 1 aromatic heterocycles. The number of hydrogen-bond donors (Lipinski definition) is 0. The number of rotatable bonds is 1. The van der Waals surface area contributed by atoms with E-state index < -0.39 is 0 Å². The Kier molecular flexibility index (Phi) is 4.55. The highest BCUT2D eigenvalue weighted by Gasteiger charge is 2.37. The zero-order valence-electron chi connectivity index (χ0n) is 19.2. The molecule has 0 radical (unpaired) electrons. The van der Waals surface area contributed by atoms with Crippen LogP contribution in [-0.2, 0) is 0 Å². The third kappa shape index (κ3) is 2.75. The molecule has 0 atom stereocenters. The predicted octanol–water partition coefficient (Wildman–Crippen LogP) is 4.02. The van der Waals surface area contributed by atoms with E-state index in [1.54, 1.807) is 24.3 Å². The van der Waals surface area contributed by atoms with Crippen LogP contribution in [0.15, 0.2) is 72.8 Å².